The zero-order valence-electron chi connectivity index (χ0n) is 12.9. The summed E-state index contributed by atoms with van der Waals surface area (Å²) in [4.78, 5) is 12.0. The van der Waals surface area contributed by atoms with Crippen molar-refractivity contribution in [2.45, 2.75) is 64.1 Å². The number of carbonyl (C=O) groups excluding carboxylic acids is 1. The number of hydrogen-bond acceptors (Lipinski definition) is 3. The lowest BCUT2D eigenvalue weighted by Crippen LogP contribution is -2.30. The van der Waals surface area contributed by atoms with Crippen LogP contribution in [0.2, 0.25) is 0 Å². The summed E-state index contributed by atoms with van der Waals surface area (Å²) < 4.78 is 5.69. The highest BCUT2D eigenvalue weighted by atomic mass is 16.5. The Morgan fingerprint density at radius 2 is 1.95 bits per heavy atom. The van der Waals surface area contributed by atoms with Crippen LogP contribution in [0.25, 0.3) is 0 Å². The Balaban J connectivity index is 1.86. The Kier molecular flexibility index (Phi) is 5.23. The molecule has 1 aliphatic carbocycles. The van der Waals surface area contributed by atoms with Crippen LogP contribution in [0.4, 0.5) is 5.69 Å². The lowest BCUT2D eigenvalue weighted by atomic mass is 9.97. The molecule has 21 heavy (non-hydrogen) atoms. The minimum atomic E-state index is -0.802. The highest BCUT2D eigenvalue weighted by Crippen LogP contribution is 2.32. The second-order valence-corrected chi connectivity index (χ2v) is 6.02. The van der Waals surface area contributed by atoms with E-state index in [0.29, 0.717) is 0 Å². The van der Waals surface area contributed by atoms with Gasteiger partial charge in [0, 0.05) is 5.69 Å². The SMILES string of the molecule is CCC(C)Oc1ccc(NC(=O)CC2(O)CCCC2)cc1. The van der Waals surface area contributed by atoms with E-state index in [9.17, 15) is 9.90 Å². The first-order valence-corrected chi connectivity index (χ1v) is 7.80. The van der Waals surface area contributed by atoms with Gasteiger partial charge in [0.2, 0.25) is 5.91 Å². The van der Waals surface area contributed by atoms with Crippen LogP contribution in [0.3, 0.4) is 0 Å². The van der Waals surface area contributed by atoms with E-state index in [0.717, 1.165) is 43.5 Å². The van der Waals surface area contributed by atoms with Crippen molar-refractivity contribution >= 4 is 11.6 Å². The molecule has 2 rings (SSSR count). The Labute approximate surface area is 126 Å². The van der Waals surface area contributed by atoms with Crippen LogP contribution >= 0.6 is 0 Å². The van der Waals surface area contributed by atoms with Gasteiger partial charge in [0.05, 0.1) is 18.1 Å². The third-order valence-electron chi connectivity index (χ3n) is 4.07. The average molecular weight is 291 g/mol. The van der Waals surface area contributed by atoms with Gasteiger partial charge in [0.15, 0.2) is 0 Å². The number of nitrogens with one attached hydrogen (secondary N) is 1. The molecule has 2 N–H and O–H groups in total. The van der Waals surface area contributed by atoms with Crippen LogP contribution in [0, 0.1) is 0 Å². The largest absolute Gasteiger partial charge is 0.491 e. The van der Waals surface area contributed by atoms with Gasteiger partial charge in [-0.2, -0.15) is 0 Å². The van der Waals surface area contributed by atoms with Gasteiger partial charge in [-0.05, 0) is 50.5 Å². The molecule has 1 atom stereocenters. The van der Waals surface area contributed by atoms with Gasteiger partial charge in [0.1, 0.15) is 5.75 Å². The summed E-state index contributed by atoms with van der Waals surface area (Å²) in [5.74, 6) is 0.673. The molecule has 4 nitrogen and oxygen atoms in total. The van der Waals surface area contributed by atoms with Crippen LogP contribution in [0.1, 0.15) is 52.4 Å². The predicted molar refractivity (Wildman–Crippen MR) is 83.5 cm³/mol. The average Bonchev–Trinajstić information content (AvgIpc) is 2.87. The number of ether oxygens (including phenoxy) is 1. The van der Waals surface area contributed by atoms with Crippen molar-refractivity contribution in [3.05, 3.63) is 24.3 Å². The molecule has 0 spiro atoms. The smallest absolute Gasteiger partial charge is 0.227 e. The number of amides is 1. The summed E-state index contributed by atoms with van der Waals surface area (Å²) in [5, 5.41) is 13.1. The van der Waals surface area contributed by atoms with Gasteiger partial charge in [-0.3, -0.25) is 4.79 Å². The van der Waals surface area contributed by atoms with Crippen LogP contribution in [0.5, 0.6) is 5.75 Å². The maximum absolute atomic E-state index is 12.0. The van der Waals surface area contributed by atoms with Gasteiger partial charge in [-0.1, -0.05) is 19.8 Å². The maximum Gasteiger partial charge on any atom is 0.227 e. The van der Waals surface area contributed by atoms with Gasteiger partial charge < -0.3 is 15.2 Å². The van der Waals surface area contributed by atoms with Crippen LogP contribution in [0.15, 0.2) is 24.3 Å². The fourth-order valence-corrected chi connectivity index (χ4v) is 2.65. The molecule has 1 aromatic rings. The fourth-order valence-electron chi connectivity index (χ4n) is 2.65. The molecule has 0 aromatic heterocycles. The molecule has 1 unspecified atom stereocenters. The van der Waals surface area contributed by atoms with E-state index in [4.69, 9.17) is 4.74 Å². The summed E-state index contributed by atoms with van der Waals surface area (Å²) in [6.07, 6.45) is 4.78. The quantitative estimate of drug-likeness (QED) is 0.843. The standard InChI is InChI=1S/C17H25NO3/c1-3-13(2)21-15-8-6-14(7-9-15)18-16(19)12-17(20)10-4-5-11-17/h6-9,13,20H,3-5,10-12H2,1-2H3,(H,18,19). The Morgan fingerprint density at radius 3 is 2.52 bits per heavy atom. The van der Waals surface area contributed by atoms with E-state index < -0.39 is 5.60 Å². The molecule has 0 heterocycles. The summed E-state index contributed by atoms with van der Waals surface area (Å²) in [7, 11) is 0. The topological polar surface area (TPSA) is 58.6 Å². The zero-order valence-corrected chi connectivity index (χ0v) is 12.9. The Morgan fingerprint density at radius 1 is 1.33 bits per heavy atom. The van der Waals surface area contributed by atoms with Crippen molar-refractivity contribution in [2.75, 3.05) is 5.32 Å². The van der Waals surface area contributed by atoms with Crippen molar-refractivity contribution in [3.63, 3.8) is 0 Å². The van der Waals surface area contributed by atoms with Crippen LogP contribution in [-0.2, 0) is 4.79 Å². The molecule has 1 fully saturated rings. The molecule has 116 valence electrons. The maximum atomic E-state index is 12.0. The van der Waals surface area contributed by atoms with Crippen LogP contribution in [-0.4, -0.2) is 22.7 Å². The van der Waals surface area contributed by atoms with Crippen molar-refractivity contribution in [1.82, 2.24) is 0 Å². The first kappa shape index (κ1) is 15.8. The molecule has 4 heteroatoms. The van der Waals surface area contributed by atoms with Gasteiger partial charge in [-0.25, -0.2) is 0 Å². The Bertz CT molecular complexity index is 463. The summed E-state index contributed by atoms with van der Waals surface area (Å²) in [6.45, 7) is 4.10. The molecule has 1 saturated carbocycles. The van der Waals surface area contributed by atoms with Gasteiger partial charge in [-0.15, -0.1) is 0 Å². The molecule has 1 aromatic carbocycles. The number of carbonyl (C=O) groups is 1. The minimum Gasteiger partial charge on any atom is -0.491 e. The van der Waals surface area contributed by atoms with E-state index in [1.54, 1.807) is 0 Å². The summed E-state index contributed by atoms with van der Waals surface area (Å²) in [5.41, 5.74) is -0.0675. The first-order chi connectivity index (χ1) is 10.0. The third-order valence-corrected chi connectivity index (χ3v) is 4.07. The van der Waals surface area contributed by atoms with Gasteiger partial charge >= 0.3 is 0 Å². The third kappa shape index (κ3) is 4.74. The Hall–Kier alpha value is -1.55. The minimum absolute atomic E-state index is 0.130. The van der Waals surface area contributed by atoms with E-state index >= 15 is 0 Å². The summed E-state index contributed by atoms with van der Waals surface area (Å²) >= 11 is 0. The van der Waals surface area contributed by atoms with Crippen LogP contribution < -0.4 is 10.1 Å². The number of anilines is 1. The molecular weight excluding hydrogens is 266 g/mol. The lowest BCUT2D eigenvalue weighted by Gasteiger charge is -2.21. The second-order valence-electron chi connectivity index (χ2n) is 6.02. The molecular formula is C17H25NO3. The summed E-state index contributed by atoms with van der Waals surface area (Å²) in [6, 6.07) is 7.36. The number of aliphatic hydroxyl groups is 1. The van der Waals surface area contributed by atoms with Crippen molar-refractivity contribution in [2.24, 2.45) is 0 Å². The van der Waals surface area contributed by atoms with E-state index in [1.807, 2.05) is 31.2 Å². The first-order valence-electron chi connectivity index (χ1n) is 7.80. The van der Waals surface area contributed by atoms with E-state index in [-0.39, 0.29) is 18.4 Å². The zero-order chi connectivity index (χ0) is 15.3. The molecule has 0 saturated heterocycles. The fraction of sp³-hybridized carbons (Fsp3) is 0.588. The lowest BCUT2D eigenvalue weighted by molar-refractivity contribution is -0.120. The second kappa shape index (κ2) is 6.94. The highest BCUT2D eigenvalue weighted by Gasteiger charge is 2.33. The van der Waals surface area contributed by atoms with Gasteiger partial charge in [0.25, 0.3) is 0 Å². The van der Waals surface area contributed by atoms with Crippen molar-refractivity contribution in [3.8, 4) is 5.75 Å². The molecule has 0 bridgehead atoms. The molecule has 1 amide bonds. The normalized spacial score (nSPS) is 18.2. The predicted octanol–water partition coefficient (Wildman–Crippen LogP) is 3.50. The monoisotopic (exact) mass is 291 g/mol. The molecule has 0 aliphatic heterocycles. The molecule has 0 radical (unpaired) electrons. The molecule has 1 aliphatic rings. The number of hydrogen-bond donors (Lipinski definition) is 2. The van der Waals surface area contributed by atoms with Crippen molar-refractivity contribution < 1.29 is 14.6 Å². The van der Waals surface area contributed by atoms with E-state index in [2.05, 4.69) is 12.2 Å². The van der Waals surface area contributed by atoms with E-state index in [1.165, 1.54) is 0 Å². The highest BCUT2D eigenvalue weighted by molar-refractivity contribution is 5.91. The van der Waals surface area contributed by atoms with Crippen molar-refractivity contribution in [1.29, 1.82) is 0 Å². The number of rotatable bonds is 6. The number of benzene rings is 1.